The van der Waals surface area contributed by atoms with Gasteiger partial charge in [-0.3, -0.25) is 33.9 Å². The Bertz CT molecular complexity index is 3140. The number of halogens is 2. The van der Waals surface area contributed by atoms with E-state index in [-0.39, 0.29) is 17.3 Å². The second-order valence-electron chi connectivity index (χ2n) is 11.9. The Morgan fingerprint density at radius 3 is 1.85 bits per heavy atom. The SMILES string of the molecule is Nc1c(NNc2ccc(S(=O)(=O)O)cc2)c(S(=O)(=O)O)cc2c1C(=O)/C(=N\Nc1cc(Nc3nc(F)nc(Nc4cccc(Cl)c4)n3)ccc1S(=O)(=O)O)C(S(=O)(=O)O)=C2. The highest BCUT2D eigenvalue weighted by atomic mass is 35.5. The Balaban J connectivity index is 1.38. The van der Waals surface area contributed by atoms with Crippen LogP contribution < -0.4 is 32.6 Å². The second kappa shape index (κ2) is 16.0. The molecule has 29 heteroatoms. The highest BCUT2D eigenvalue weighted by Crippen LogP contribution is 2.39. The van der Waals surface area contributed by atoms with Crippen LogP contribution in [0.1, 0.15) is 15.9 Å². The number of rotatable bonds is 13. The van der Waals surface area contributed by atoms with Gasteiger partial charge < -0.3 is 21.8 Å². The van der Waals surface area contributed by atoms with E-state index in [1.165, 1.54) is 6.07 Å². The van der Waals surface area contributed by atoms with Crippen LogP contribution in [0.3, 0.4) is 0 Å². The molecule has 1 aliphatic rings. The summed E-state index contributed by atoms with van der Waals surface area (Å²) in [6.45, 7) is 0. The minimum absolute atomic E-state index is 0.0220. The molecular formula is C31H24ClFN10O13S4. The van der Waals surface area contributed by atoms with Crippen LogP contribution in [0, 0.1) is 6.08 Å². The maximum absolute atomic E-state index is 14.4. The highest BCUT2D eigenvalue weighted by molar-refractivity contribution is 7.91. The summed E-state index contributed by atoms with van der Waals surface area (Å²) < 4.78 is 151. The number of benzene rings is 4. The second-order valence-corrected chi connectivity index (χ2v) is 18.0. The number of nitrogen functional groups attached to an aromatic ring is 1. The van der Waals surface area contributed by atoms with Gasteiger partial charge in [0.05, 0.1) is 33.2 Å². The maximum atomic E-state index is 14.4. The molecule has 0 saturated heterocycles. The summed E-state index contributed by atoms with van der Waals surface area (Å²) in [5, 5.41) is 9.33. The number of allylic oxidation sites excluding steroid dienone is 1. The third kappa shape index (κ3) is 9.73. The van der Waals surface area contributed by atoms with E-state index in [9.17, 15) is 61.1 Å². The molecule has 60 heavy (non-hydrogen) atoms. The van der Waals surface area contributed by atoms with Crippen LogP contribution in [0.2, 0.25) is 5.02 Å². The van der Waals surface area contributed by atoms with Crippen molar-refractivity contribution in [3.8, 4) is 0 Å². The zero-order chi connectivity index (χ0) is 43.9. The predicted octanol–water partition coefficient (Wildman–Crippen LogP) is 3.81. The summed E-state index contributed by atoms with van der Waals surface area (Å²) in [5.74, 6) is -2.15. The number of carbonyl (C=O) groups is 1. The summed E-state index contributed by atoms with van der Waals surface area (Å²) in [4.78, 5) is 21.4. The number of aromatic nitrogens is 3. The van der Waals surface area contributed by atoms with Gasteiger partial charge in [-0.2, -0.15) is 58.1 Å². The van der Waals surface area contributed by atoms with Gasteiger partial charge in [-0.25, -0.2) is 0 Å². The Hall–Kier alpha value is -6.37. The lowest BCUT2D eigenvalue weighted by atomic mass is 9.92. The normalized spacial score (nSPS) is 13.9. The van der Waals surface area contributed by atoms with E-state index < -0.39 is 112 Å². The molecule has 1 heterocycles. The summed E-state index contributed by atoms with van der Waals surface area (Å²) in [7, 11) is -20.4. The molecule has 0 unspecified atom stereocenters. The van der Waals surface area contributed by atoms with Crippen molar-refractivity contribution in [2.75, 3.05) is 32.6 Å². The van der Waals surface area contributed by atoms with E-state index in [0.717, 1.165) is 42.5 Å². The van der Waals surface area contributed by atoms with Gasteiger partial charge >= 0.3 is 6.08 Å². The van der Waals surface area contributed by atoms with E-state index in [1.54, 1.807) is 18.2 Å². The molecule has 4 aromatic carbocycles. The van der Waals surface area contributed by atoms with E-state index in [4.69, 9.17) is 17.3 Å². The fourth-order valence-electron chi connectivity index (χ4n) is 5.31. The molecule has 0 amide bonds. The number of hydrazine groups is 1. The number of anilines is 8. The van der Waals surface area contributed by atoms with Crippen LogP contribution in [-0.4, -0.2) is 78.3 Å². The number of nitrogens with zero attached hydrogens (tertiary/aromatic N) is 4. The molecule has 0 saturated carbocycles. The van der Waals surface area contributed by atoms with Crippen LogP contribution >= 0.6 is 11.6 Å². The number of nitrogens with two attached hydrogens (primary N) is 1. The molecule has 6 rings (SSSR count). The largest absolute Gasteiger partial charge is 0.396 e. The molecule has 0 spiro atoms. The van der Waals surface area contributed by atoms with Gasteiger partial charge in [-0.05, 0) is 78.4 Å². The molecule has 5 aromatic rings. The van der Waals surface area contributed by atoms with Crippen LogP contribution in [0.25, 0.3) is 6.08 Å². The lowest BCUT2D eigenvalue weighted by Crippen LogP contribution is -2.29. The van der Waals surface area contributed by atoms with Crippen LogP contribution in [0.4, 0.5) is 50.4 Å². The zero-order valence-corrected chi connectivity index (χ0v) is 33.2. The third-order valence-electron chi connectivity index (χ3n) is 7.85. The van der Waals surface area contributed by atoms with E-state index in [0.29, 0.717) is 22.9 Å². The van der Waals surface area contributed by atoms with E-state index in [2.05, 4.69) is 47.0 Å². The number of ketones is 1. The number of fused-ring (bicyclic) bond motifs is 1. The maximum Gasteiger partial charge on any atom is 0.315 e. The summed E-state index contributed by atoms with van der Waals surface area (Å²) in [6.07, 6.45) is -0.696. The fraction of sp³-hybridized carbons (Fsp3) is 0. The molecule has 0 atom stereocenters. The number of hydrazone groups is 1. The number of carbonyl (C=O) groups excluding carboxylic acids is 1. The summed E-state index contributed by atoms with van der Waals surface area (Å²) in [5.41, 5.74) is 8.90. The lowest BCUT2D eigenvalue weighted by molar-refractivity contribution is 0.106. The molecule has 0 radical (unpaired) electrons. The van der Waals surface area contributed by atoms with Crippen molar-refractivity contribution in [1.29, 1.82) is 0 Å². The first kappa shape index (κ1) is 43.2. The zero-order valence-electron chi connectivity index (χ0n) is 29.2. The van der Waals surface area contributed by atoms with Crippen molar-refractivity contribution in [3.05, 3.63) is 99.9 Å². The standard InChI is InChI=1S/C31H24ClFN10O13S4/c32-15-2-1-3-17(12-15)35-30-37-29(33)38-31(39-30)36-18-6-9-21(58(48,49)50)20(13-18)41-43-27-23(60(54,55)56)11-14-10-22(59(51,52)53)26(25(34)24(14)28(27)44)42-40-16-4-7-19(8-5-16)57(45,46)47/h1-13,40-42H,34H2,(H,45,46,47)(H,48,49,50)(H,51,52,53)(H,54,55,56)(H2,35,36,37,38,39)/b43-27-. The molecule has 0 bridgehead atoms. The Kier molecular flexibility index (Phi) is 11.5. The fourth-order valence-corrected chi connectivity index (χ4v) is 7.95. The summed E-state index contributed by atoms with van der Waals surface area (Å²) in [6, 6.07) is 13.8. The first-order valence-corrected chi connectivity index (χ1v) is 22.0. The number of hydrogen-bond donors (Lipinski definition) is 10. The molecule has 11 N–H and O–H groups in total. The van der Waals surface area contributed by atoms with Crippen molar-refractivity contribution in [3.63, 3.8) is 0 Å². The Morgan fingerprint density at radius 1 is 0.683 bits per heavy atom. The average Bonchev–Trinajstić information content (AvgIpc) is 3.12. The van der Waals surface area contributed by atoms with E-state index in [1.807, 2.05) is 0 Å². The van der Waals surface area contributed by atoms with Gasteiger partial charge in [-0.15, -0.1) is 0 Å². The van der Waals surface area contributed by atoms with Gasteiger partial charge in [0.25, 0.3) is 40.5 Å². The minimum Gasteiger partial charge on any atom is -0.396 e. The van der Waals surface area contributed by atoms with Crippen LogP contribution in [-0.2, 0) is 40.5 Å². The molecule has 314 valence electrons. The molecule has 0 aliphatic heterocycles. The quantitative estimate of drug-likeness (QED) is 0.0456. The molecule has 1 aliphatic carbocycles. The molecular weight excluding hydrogens is 903 g/mol. The average molecular weight is 927 g/mol. The van der Waals surface area contributed by atoms with Crippen molar-refractivity contribution in [2.24, 2.45) is 5.10 Å². The van der Waals surface area contributed by atoms with Crippen molar-refractivity contribution in [1.82, 2.24) is 15.0 Å². The monoisotopic (exact) mass is 926 g/mol. The Labute approximate surface area is 342 Å². The highest BCUT2D eigenvalue weighted by Gasteiger charge is 2.37. The van der Waals surface area contributed by atoms with Crippen LogP contribution in [0.15, 0.2) is 97.5 Å². The van der Waals surface area contributed by atoms with Crippen LogP contribution in [0.5, 0.6) is 0 Å². The van der Waals surface area contributed by atoms with Crippen molar-refractivity contribution >= 4 is 116 Å². The van der Waals surface area contributed by atoms with Gasteiger partial charge in [-0.1, -0.05) is 17.7 Å². The molecule has 23 nitrogen and oxygen atoms in total. The van der Waals surface area contributed by atoms with Gasteiger partial charge in [0.15, 0.2) is 5.71 Å². The first-order chi connectivity index (χ1) is 27.9. The smallest absolute Gasteiger partial charge is 0.315 e. The van der Waals surface area contributed by atoms with Gasteiger partial charge in [0, 0.05) is 16.4 Å². The third-order valence-corrected chi connectivity index (χ3v) is 11.6. The van der Waals surface area contributed by atoms with Crippen molar-refractivity contribution in [2.45, 2.75) is 14.7 Å². The lowest BCUT2D eigenvalue weighted by Gasteiger charge is -2.22. The van der Waals surface area contributed by atoms with Gasteiger partial charge in [0.2, 0.25) is 17.7 Å². The molecule has 0 fully saturated rings. The van der Waals surface area contributed by atoms with E-state index >= 15 is 0 Å². The topological polar surface area (TPSA) is 372 Å². The Morgan fingerprint density at radius 2 is 1.28 bits per heavy atom. The number of hydrogen-bond acceptors (Lipinski definition) is 19. The van der Waals surface area contributed by atoms with Crippen molar-refractivity contribution < 1.29 is 61.1 Å². The number of nitrogens with one attached hydrogen (secondary N) is 5. The minimum atomic E-state index is -5.43. The van der Waals surface area contributed by atoms with Gasteiger partial charge in [0.1, 0.15) is 14.7 Å². The predicted molar refractivity (Wildman–Crippen MR) is 213 cm³/mol. The molecule has 1 aromatic heterocycles. The number of Topliss-reactive ketones (excluding diaryl/α,β-unsaturated/α-hetero) is 1. The summed E-state index contributed by atoms with van der Waals surface area (Å²) >= 11 is 5.98. The first-order valence-electron chi connectivity index (χ1n) is 15.8.